The van der Waals surface area contributed by atoms with E-state index >= 15 is 0 Å². The molecule has 4 rings (SSSR count). The van der Waals surface area contributed by atoms with Gasteiger partial charge in [-0.25, -0.2) is 9.97 Å². The lowest BCUT2D eigenvalue weighted by molar-refractivity contribution is -0.115. The van der Waals surface area contributed by atoms with Crippen molar-refractivity contribution in [3.8, 4) is 11.3 Å². The highest BCUT2D eigenvalue weighted by molar-refractivity contribution is 14.1. The van der Waals surface area contributed by atoms with Crippen LogP contribution in [0.2, 0.25) is 0 Å². The summed E-state index contributed by atoms with van der Waals surface area (Å²) in [6.45, 7) is 2.04. The van der Waals surface area contributed by atoms with Crippen LogP contribution < -0.4 is 5.32 Å². The molecule has 1 N–H and O–H groups in total. The van der Waals surface area contributed by atoms with Gasteiger partial charge in [-0.1, -0.05) is 43.3 Å². The van der Waals surface area contributed by atoms with Gasteiger partial charge in [-0.05, 0) is 65.1 Å². The number of amides is 1. The average Bonchev–Trinajstić information content (AvgIpc) is 2.69. The molecule has 0 radical (unpaired) electrons. The summed E-state index contributed by atoms with van der Waals surface area (Å²) in [5.41, 5.74) is 6.24. The van der Waals surface area contributed by atoms with E-state index in [9.17, 15) is 4.79 Å². The van der Waals surface area contributed by atoms with Crippen LogP contribution in [0.3, 0.4) is 0 Å². The van der Waals surface area contributed by atoms with Crippen LogP contribution in [-0.4, -0.2) is 15.9 Å². The number of fused-ring (bicyclic) bond motifs is 3. The van der Waals surface area contributed by atoms with Gasteiger partial charge in [-0.3, -0.25) is 4.79 Å². The highest BCUT2D eigenvalue weighted by atomic mass is 127. The summed E-state index contributed by atoms with van der Waals surface area (Å²) in [6.07, 6.45) is 2.87. The van der Waals surface area contributed by atoms with Crippen molar-refractivity contribution in [3.63, 3.8) is 0 Å². The van der Waals surface area contributed by atoms with Crippen LogP contribution in [0.25, 0.3) is 11.3 Å². The first-order valence-electron chi connectivity index (χ1n) is 9.16. The monoisotopic (exact) mass is 469 g/mol. The van der Waals surface area contributed by atoms with E-state index in [1.807, 2.05) is 37.3 Å². The Kier molecular flexibility index (Phi) is 5.20. The number of aromatic nitrogens is 2. The lowest BCUT2D eigenvalue weighted by atomic mass is 9.92. The molecule has 5 heteroatoms. The van der Waals surface area contributed by atoms with Gasteiger partial charge < -0.3 is 5.32 Å². The Labute approximate surface area is 172 Å². The van der Waals surface area contributed by atoms with Crippen LogP contribution in [0.4, 0.5) is 5.82 Å². The molecule has 0 fully saturated rings. The highest BCUT2D eigenvalue weighted by Crippen LogP contribution is 2.32. The Hall–Kier alpha value is -2.28. The topological polar surface area (TPSA) is 54.9 Å². The van der Waals surface area contributed by atoms with Gasteiger partial charge in [0.15, 0.2) is 5.82 Å². The van der Waals surface area contributed by atoms with Crippen LogP contribution >= 0.6 is 22.6 Å². The van der Waals surface area contributed by atoms with Crippen molar-refractivity contribution < 1.29 is 4.79 Å². The van der Waals surface area contributed by atoms with E-state index in [1.165, 1.54) is 5.56 Å². The molecule has 27 heavy (non-hydrogen) atoms. The Morgan fingerprint density at radius 2 is 1.85 bits per heavy atom. The molecule has 3 aromatic rings. The number of aryl methyl sites for hydroxylation is 3. The predicted molar refractivity (Wildman–Crippen MR) is 116 cm³/mol. The fraction of sp³-hybridized carbons (Fsp3) is 0.227. The van der Waals surface area contributed by atoms with Crippen molar-refractivity contribution in [2.45, 2.75) is 32.6 Å². The van der Waals surface area contributed by atoms with Gasteiger partial charge >= 0.3 is 0 Å². The molecule has 0 aliphatic heterocycles. The van der Waals surface area contributed by atoms with Crippen LogP contribution in [-0.2, 0) is 30.5 Å². The molecule has 0 unspecified atom stereocenters. The SMILES string of the molecule is CCc1nc2c(nc1NC(=O)Cc1ccc(I)cc1)CCc1ccccc1-2. The molecule has 0 saturated heterocycles. The summed E-state index contributed by atoms with van der Waals surface area (Å²) >= 11 is 2.26. The van der Waals surface area contributed by atoms with E-state index in [-0.39, 0.29) is 5.91 Å². The van der Waals surface area contributed by atoms with Crippen LogP contribution in [0.5, 0.6) is 0 Å². The normalized spacial score (nSPS) is 12.2. The minimum absolute atomic E-state index is 0.0589. The number of carbonyl (C=O) groups is 1. The van der Waals surface area contributed by atoms with Crippen LogP contribution in [0, 0.1) is 3.57 Å². The van der Waals surface area contributed by atoms with Gasteiger partial charge in [0.1, 0.15) is 0 Å². The van der Waals surface area contributed by atoms with E-state index < -0.39 is 0 Å². The molecule has 0 bridgehead atoms. The minimum Gasteiger partial charge on any atom is -0.309 e. The fourth-order valence-corrected chi connectivity index (χ4v) is 3.79. The van der Waals surface area contributed by atoms with Crippen molar-refractivity contribution in [1.29, 1.82) is 0 Å². The lowest BCUT2D eigenvalue weighted by Gasteiger charge is -2.20. The van der Waals surface area contributed by atoms with E-state index in [0.29, 0.717) is 12.2 Å². The summed E-state index contributed by atoms with van der Waals surface area (Å²) in [4.78, 5) is 22.2. The molecule has 2 aromatic carbocycles. The molecular formula is C22H20IN3O. The fourth-order valence-electron chi connectivity index (χ4n) is 3.43. The van der Waals surface area contributed by atoms with Gasteiger partial charge in [0.25, 0.3) is 0 Å². The zero-order chi connectivity index (χ0) is 18.8. The Morgan fingerprint density at radius 3 is 2.63 bits per heavy atom. The minimum atomic E-state index is -0.0589. The number of halogens is 1. The smallest absolute Gasteiger partial charge is 0.229 e. The van der Waals surface area contributed by atoms with Gasteiger partial charge in [0.2, 0.25) is 5.91 Å². The molecule has 0 saturated carbocycles. The van der Waals surface area contributed by atoms with Crippen molar-refractivity contribution >= 4 is 34.3 Å². The first-order valence-corrected chi connectivity index (χ1v) is 10.2. The summed E-state index contributed by atoms with van der Waals surface area (Å²) in [7, 11) is 0. The molecule has 1 aliphatic rings. The second-order valence-corrected chi connectivity index (χ2v) is 7.92. The largest absolute Gasteiger partial charge is 0.309 e. The maximum atomic E-state index is 12.5. The number of hydrogen-bond donors (Lipinski definition) is 1. The van der Waals surface area contributed by atoms with Crippen molar-refractivity contribution in [2.24, 2.45) is 0 Å². The first kappa shape index (κ1) is 18.1. The Balaban J connectivity index is 1.60. The number of nitrogens with one attached hydrogen (secondary N) is 1. The van der Waals surface area contributed by atoms with Crippen LogP contribution in [0.15, 0.2) is 48.5 Å². The summed E-state index contributed by atoms with van der Waals surface area (Å²) in [6, 6.07) is 16.4. The van der Waals surface area contributed by atoms with Crippen molar-refractivity contribution in [3.05, 3.63) is 74.6 Å². The first-order chi connectivity index (χ1) is 13.1. The van der Waals surface area contributed by atoms with E-state index in [4.69, 9.17) is 9.97 Å². The Morgan fingerprint density at radius 1 is 1.07 bits per heavy atom. The molecule has 1 aliphatic carbocycles. The molecule has 136 valence electrons. The molecule has 1 heterocycles. The van der Waals surface area contributed by atoms with Crippen molar-refractivity contribution in [2.75, 3.05) is 5.32 Å². The van der Waals surface area contributed by atoms with Gasteiger partial charge in [0, 0.05) is 9.13 Å². The molecule has 4 nitrogen and oxygen atoms in total. The maximum Gasteiger partial charge on any atom is 0.229 e. The van der Waals surface area contributed by atoms with E-state index in [0.717, 1.165) is 51.0 Å². The molecule has 1 aromatic heterocycles. The number of anilines is 1. The standard InChI is InChI=1S/C22H20IN3O/c1-2-18-22(26-20(27)13-14-7-10-16(23)11-8-14)25-19-12-9-15-5-3-4-6-17(15)21(19)24-18/h3-8,10-11H,2,9,12-13H2,1H3,(H,25,26,27). The van der Waals surface area contributed by atoms with Gasteiger partial charge in [-0.15, -0.1) is 0 Å². The van der Waals surface area contributed by atoms with E-state index in [2.05, 4.69) is 46.1 Å². The number of nitrogens with zero attached hydrogens (tertiary/aromatic N) is 2. The molecule has 0 atom stereocenters. The van der Waals surface area contributed by atoms with Gasteiger partial charge in [0.05, 0.1) is 23.5 Å². The number of benzene rings is 2. The summed E-state index contributed by atoms with van der Waals surface area (Å²) < 4.78 is 1.16. The molecule has 1 amide bonds. The second-order valence-electron chi connectivity index (χ2n) is 6.68. The number of rotatable bonds is 4. The maximum absolute atomic E-state index is 12.5. The summed E-state index contributed by atoms with van der Waals surface area (Å²) in [5, 5.41) is 2.98. The molecular weight excluding hydrogens is 449 g/mol. The zero-order valence-electron chi connectivity index (χ0n) is 15.1. The highest BCUT2D eigenvalue weighted by Gasteiger charge is 2.21. The molecule has 0 spiro atoms. The van der Waals surface area contributed by atoms with Crippen molar-refractivity contribution in [1.82, 2.24) is 9.97 Å². The number of carbonyl (C=O) groups excluding carboxylic acids is 1. The zero-order valence-corrected chi connectivity index (χ0v) is 17.3. The van der Waals surface area contributed by atoms with Gasteiger partial charge in [-0.2, -0.15) is 0 Å². The van der Waals surface area contributed by atoms with E-state index in [1.54, 1.807) is 0 Å². The Bertz CT molecular complexity index is 999. The third-order valence-corrected chi connectivity index (χ3v) is 5.53. The second kappa shape index (κ2) is 7.76. The number of hydrogen-bond acceptors (Lipinski definition) is 3. The quantitative estimate of drug-likeness (QED) is 0.569. The third-order valence-electron chi connectivity index (χ3n) is 4.81. The average molecular weight is 469 g/mol. The lowest BCUT2D eigenvalue weighted by Crippen LogP contribution is -2.19. The van der Waals surface area contributed by atoms with Crippen LogP contribution in [0.1, 0.15) is 29.4 Å². The summed E-state index contributed by atoms with van der Waals surface area (Å²) in [5.74, 6) is 0.544. The predicted octanol–water partition coefficient (Wildman–Crippen LogP) is 4.59. The third kappa shape index (κ3) is 3.88.